The van der Waals surface area contributed by atoms with Gasteiger partial charge in [-0.15, -0.1) is 5.10 Å². The molecule has 0 saturated heterocycles. The standard InChI is InChI=1S/C31H28FN5O4/c1-40-28-13-11-24(20-5-7-21(8-6-20)31(39)41-2)25(30(28)32)10-12-27(38)26-18-37(35-34-26)17-23-16-36-15-22(19-3-4-19)9-14-29(36)33-23/h5-9,11,13-16,18-19H,3-4,10,12,17H2,1-2H3. The molecule has 0 unspecified atom stereocenters. The summed E-state index contributed by atoms with van der Waals surface area (Å²) < 4.78 is 28.9. The SMILES string of the molecule is COC(=O)c1ccc(-c2ccc(OC)c(F)c2CCC(=O)c2cn(Cc3cn4cc(C5CC5)ccc4n3)nn2)cc1. The largest absolute Gasteiger partial charge is 0.494 e. The Morgan fingerprint density at radius 2 is 1.80 bits per heavy atom. The quantitative estimate of drug-likeness (QED) is 0.172. The lowest BCUT2D eigenvalue weighted by atomic mass is 9.94. The minimum Gasteiger partial charge on any atom is -0.494 e. The van der Waals surface area contributed by atoms with Gasteiger partial charge in [-0.1, -0.05) is 29.5 Å². The smallest absolute Gasteiger partial charge is 0.337 e. The van der Waals surface area contributed by atoms with Crippen molar-refractivity contribution in [3.8, 4) is 16.9 Å². The molecule has 6 rings (SSSR count). The Kier molecular flexibility index (Phi) is 7.05. The van der Waals surface area contributed by atoms with E-state index < -0.39 is 11.8 Å². The Morgan fingerprint density at radius 3 is 2.54 bits per heavy atom. The van der Waals surface area contributed by atoms with Gasteiger partial charge in [-0.25, -0.2) is 18.9 Å². The van der Waals surface area contributed by atoms with Gasteiger partial charge in [0.2, 0.25) is 0 Å². The molecule has 0 N–H and O–H groups in total. The number of benzene rings is 2. The lowest BCUT2D eigenvalue weighted by molar-refractivity contribution is 0.0600. The van der Waals surface area contributed by atoms with Crippen molar-refractivity contribution in [2.24, 2.45) is 0 Å². The zero-order valence-corrected chi connectivity index (χ0v) is 22.7. The Balaban J connectivity index is 1.17. The van der Waals surface area contributed by atoms with E-state index >= 15 is 4.39 Å². The molecule has 5 aromatic rings. The van der Waals surface area contributed by atoms with E-state index in [0.29, 0.717) is 34.7 Å². The number of methoxy groups -OCH3 is 2. The number of halogens is 1. The third kappa shape index (κ3) is 5.45. The van der Waals surface area contributed by atoms with Crippen molar-refractivity contribution in [2.45, 2.75) is 38.1 Å². The number of rotatable bonds is 10. The van der Waals surface area contributed by atoms with Crippen LogP contribution in [0.2, 0.25) is 0 Å². The maximum atomic E-state index is 15.4. The van der Waals surface area contributed by atoms with Crippen LogP contribution in [0.1, 0.15) is 62.8 Å². The molecule has 41 heavy (non-hydrogen) atoms. The molecular formula is C31H28FN5O4. The lowest BCUT2D eigenvalue weighted by Gasteiger charge is -2.14. The van der Waals surface area contributed by atoms with Crippen LogP contribution in [0, 0.1) is 5.82 Å². The van der Waals surface area contributed by atoms with Gasteiger partial charge in [0.1, 0.15) is 11.3 Å². The average Bonchev–Trinajstić information content (AvgIpc) is 3.61. The van der Waals surface area contributed by atoms with Crippen molar-refractivity contribution < 1.29 is 23.5 Å². The number of imidazole rings is 1. The maximum Gasteiger partial charge on any atom is 0.337 e. The molecule has 1 saturated carbocycles. The fourth-order valence-corrected chi connectivity index (χ4v) is 5.01. The molecule has 0 spiro atoms. The molecule has 9 nitrogen and oxygen atoms in total. The highest BCUT2D eigenvalue weighted by atomic mass is 19.1. The fraction of sp³-hybridized carbons (Fsp3) is 0.258. The normalized spacial score (nSPS) is 13.0. The number of ketones is 1. The molecule has 0 bridgehead atoms. The van der Waals surface area contributed by atoms with Crippen LogP contribution in [0.25, 0.3) is 16.8 Å². The Morgan fingerprint density at radius 1 is 1.00 bits per heavy atom. The van der Waals surface area contributed by atoms with E-state index in [2.05, 4.69) is 27.6 Å². The van der Waals surface area contributed by atoms with Crippen LogP contribution in [0.15, 0.2) is 67.1 Å². The topological polar surface area (TPSA) is 101 Å². The van der Waals surface area contributed by atoms with E-state index in [9.17, 15) is 9.59 Å². The third-order valence-electron chi connectivity index (χ3n) is 7.37. The van der Waals surface area contributed by atoms with Gasteiger partial charge >= 0.3 is 5.97 Å². The van der Waals surface area contributed by atoms with Crippen molar-refractivity contribution in [3.63, 3.8) is 0 Å². The number of aromatic nitrogens is 5. The van der Waals surface area contributed by atoms with E-state index in [1.807, 2.05) is 16.7 Å². The van der Waals surface area contributed by atoms with Crippen LogP contribution in [0.3, 0.4) is 0 Å². The summed E-state index contributed by atoms with van der Waals surface area (Å²) >= 11 is 0. The Labute approximate surface area is 235 Å². The van der Waals surface area contributed by atoms with Gasteiger partial charge in [0, 0.05) is 18.8 Å². The molecule has 0 aliphatic heterocycles. The molecule has 208 valence electrons. The second-order valence-electron chi connectivity index (χ2n) is 10.1. The van der Waals surface area contributed by atoms with Gasteiger partial charge in [0.15, 0.2) is 17.3 Å². The molecule has 3 heterocycles. The van der Waals surface area contributed by atoms with Crippen molar-refractivity contribution in [2.75, 3.05) is 14.2 Å². The number of esters is 1. The second kappa shape index (κ2) is 11.0. The summed E-state index contributed by atoms with van der Waals surface area (Å²) in [5.74, 6) is -0.502. The highest BCUT2D eigenvalue weighted by Crippen LogP contribution is 2.40. The first kappa shape index (κ1) is 26.4. The number of carbonyl (C=O) groups excluding carboxylic acids is 2. The van der Waals surface area contributed by atoms with E-state index in [1.54, 1.807) is 47.3 Å². The highest BCUT2D eigenvalue weighted by Gasteiger charge is 2.24. The third-order valence-corrected chi connectivity index (χ3v) is 7.37. The number of Topliss-reactive ketones (excluding diaryl/α,β-unsaturated/α-hetero) is 1. The van der Waals surface area contributed by atoms with Crippen LogP contribution in [0.5, 0.6) is 5.75 Å². The zero-order chi connectivity index (χ0) is 28.5. The van der Waals surface area contributed by atoms with Crippen molar-refractivity contribution in [1.82, 2.24) is 24.4 Å². The second-order valence-corrected chi connectivity index (χ2v) is 10.1. The van der Waals surface area contributed by atoms with Gasteiger partial charge in [0.05, 0.1) is 38.2 Å². The number of ether oxygens (including phenoxy) is 2. The fourth-order valence-electron chi connectivity index (χ4n) is 5.01. The van der Waals surface area contributed by atoms with Gasteiger partial charge in [-0.05, 0) is 71.7 Å². The minimum atomic E-state index is -0.532. The van der Waals surface area contributed by atoms with Gasteiger partial charge in [-0.3, -0.25) is 4.79 Å². The van der Waals surface area contributed by atoms with Crippen LogP contribution in [0.4, 0.5) is 4.39 Å². The minimum absolute atomic E-state index is 0.0222. The first-order chi connectivity index (χ1) is 19.9. The Bertz CT molecular complexity index is 1750. The van der Waals surface area contributed by atoms with Crippen molar-refractivity contribution in [1.29, 1.82) is 0 Å². The van der Waals surface area contributed by atoms with Crippen molar-refractivity contribution in [3.05, 3.63) is 101 Å². The predicted molar refractivity (Wildman–Crippen MR) is 149 cm³/mol. The van der Waals surface area contributed by atoms with Crippen LogP contribution >= 0.6 is 0 Å². The van der Waals surface area contributed by atoms with Crippen LogP contribution in [-0.2, 0) is 17.7 Å². The van der Waals surface area contributed by atoms with Crippen LogP contribution in [-0.4, -0.2) is 50.4 Å². The van der Waals surface area contributed by atoms with E-state index in [4.69, 9.17) is 9.47 Å². The number of carbonyl (C=O) groups is 2. The number of nitrogens with zero attached hydrogens (tertiary/aromatic N) is 5. The van der Waals surface area contributed by atoms with Crippen molar-refractivity contribution >= 4 is 17.4 Å². The molecule has 2 aromatic carbocycles. The number of pyridine rings is 1. The molecule has 10 heteroatoms. The molecule has 1 fully saturated rings. The summed E-state index contributed by atoms with van der Waals surface area (Å²) in [7, 11) is 2.71. The summed E-state index contributed by atoms with van der Waals surface area (Å²) in [5, 5.41) is 8.18. The molecule has 0 amide bonds. The van der Waals surface area contributed by atoms with Crippen LogP contribution < -0.4 is 4.74 Å². The molecular weight excluding hydrogens is 525 g/mol. The van der Waals surface area contributed by atoms with E-state index in [0.717, 1.165) is 11.3 Å². The first-order valence-electron chi connectivity index (χ1n) is 13.4. The number of fused-ring (bicyclic) bond motifs is 1. The first-order valence-corrected chi connectivity index (χ1v) is 13.4. The molecule has 1 aliphatic carbocycles. The highest BCUT2D eigenvalue weighted by molar-refractivity contribution is 5.94. The molecule has 0 atom stereocenters. The van der Waals surface area contributed by atoms with Gasteiger partial charge < -0.3 is 13.9 Å². The number of hydrogen-bond donors (Lipinski definition) is 0. The maximum absolute atomic E-state index is 15.4. The summed E-state index contributed by atoms with van der Waals surface area (Å²) in [6.07, 6.45) is 8.30. The monoisotopic (exact) mass is 553 g/mol. The summed E-state index contributed by atoms with van der Waals surface area (Å²) in [4.78, 5) is 29.5. The van der Waals surface area contributed by atoms with Gasteiger partial charge in [0.25, 0.3) is 0 Å². The zero-order valence-electron chi connectivity index (χ0n) is 22.7. The summed E-state index contributed by atoms with van der Waals surface area (Å²) in [6.45, 7) is 0.372. The molecule has 0 radical (unpaired) electrons. The van der Waals surface area contributed by atoms with E-state index in [-0.39, 0.29) is 30.1 Å². The van der Waals surface area contributed by atoms with E-state index in [1.165, 1.54) is 32.6 Å². The summed E-state index contributed by atoms with van der Waals surface area (Å²) in [6, 6.07) is 14.1. The Hall–Kier alpha value is -4.86. The molecule has 1 aliphatic rings. The predicted octanol–water partition coefficient (Wildman–Crippen LogP) is 5.27. The van der Waals surface area contributed by atoms with Gasteiger partial charge in [-0.2, -0.15) is 0 Å². The molecule has 3 aromatic heterocycles. The average molecular weight is 554 g/mol. The lowest BCUT2D eigenvalue weighted by Crippen LogP contribution is -2.06. The summed E-state index contributed by atoms with van der Waals surface area (Å²) in [5.41, 5.74) is 5.22. The number of hydrogen-bond acceptors (Lipinski definition) is 7.